The number of likely N-dealkylation sites (tertiary alicyclic amines) is 1. The van der Waals surface area contributed by atoms with Crippen LogP contribution in [0.1, 0.15) is 31.7 Å². The molecule has 1 atom stereocenters. The topological polar surface area (TPSA) is 43.9 Å². The third-order valence-corrected chi connectivity index (χ3v) is 6.28. The summed E-state index contributed by atoms with van der Waals surface area (Å²) < 4.78 is 38.8. The largest absolute Gasteiger partial charge is 0.416 e. The summed E-state index contributed by atoms with van der Waals surface area (Å²) in [5.41, 5.74) is 0.0286. The molecule has 0 saturated carbocycles. The molecular formula is C22H30F3N3O2. The molecule has 0 N–H and O–H groups in total. The lowest BCUT2D eigenvalue weighted by Gasteiger charge is -2.38. The number of halogens is 3. The van der Waals surface area contributed by atoms with Crippen molar-refractivity contribution >= 4 is 17.9 Å². The average Bonchev–Trinajstić information content (AvgIpc) is 2.77. The van der Waals surface area contributed by atoms with E-state index in [2.05, 4.69) is 4.90 Å². The van der Waals surface area contributed by atoms with Crippen molar-refractivity contribution < 1.29 is 22.8 Å². The summed E-state index contributed by atoms with van der Waals surface area (Å²) in [6.45, 7) is 7.15. The number of rotatable bonds is 6. The number of amides is 1. The molecule has 0 bridgehead atoms. The molecule has 0 spiro atoms. The van der Waals surface area contributed by atoms with Crippen LogP contribution in [0.15, 0.2) is 24.3 Å². The summed E-state index contributed by atoms with van der Waals surface area (Å²) in [6, 6.07) is 5.55. The predicted octanol–water partition coefficient (Wildman–Crippen LogP) is 3.29. The van der Waals surface area contributed by atoms with E-state index in [-0.39, 0.29) is 5.91 Å². The van der Waals surface area contributed by atoms with Crippen molar-refractivity contribution in [3.8, 4) is 0 Å². The van der Waals surface area contributed by atoms with E-state index in [0.29, 0.717) is 31.0 Å². The molecule has 1 aromatic rings. The first-order valence-electron chi connectivity index (χ1n) is 10.7. The van der Waals surface area contributed by atoms with Gasteiger partial charge in [-0.2, -0.15) is 13.2 Å². The third-order valence-electron chi connectivity index (χ3n) is 6.28. The molecule has 1 aromatic carbocycles. The van der Waals surface area contributed by atoms with Gasteiger partial charge in [-0.1, -0.05) is 6.07 Å². The summed E-state index contributed by atoms with van der Waals surface area (Å²) in [4.78, 5) is 29.1. The number of carbonyl (C=O) groups is 2. The van der Waals surface area contributed by atoms with Crippen molar-refractivity contribution in [3.63, 3.8) is 0 Å². The standard InChI is InChI=1S/C22H30F3N3O2/c1-17(16-29)21(30)28-9-6-18(7-10-28)5-8-26-11-13-27(14-12-26)20-4-2-3-19(15-20)22(23,24)25/h2-4,15-18H,5-14H2,1H3. The maximum Gasteiger partial charge on any atom is 0.416 e. The monoisotopic (exact) mass is 425 g/mol. The lowest BCUT2D eigenvalue weighted by Crippen LogP contribution is -2.47. The zero-order valence-electron chi connectivity index (χ0n) is 17.4. The second kappa shape index (κ2) is 9.81. The quantitative estimate of drug-likeness (QED) is 0.518. The molecule has 0 aliphatic carbocycles. The zero-order valence-corrected chi connectivity index (χ0v) is 17.4. The predicted molar refractivity (Wildman–Crippen MR) is 109 cm³/mol. The van der Waals surface area contributed by atoms with E-state index in [1.165, 1.54) is 12.1 Å². The number of alkyl halides is 3. The van der Waals surface area contributed by atoms with E-state index < -0.39 is 17.7 Å². The molecular weight excluding hydrogens is 395 g/mol. The molecule has 3 rings (SSSR count). The molecule has 0 radical (unpaired) electrons. The summed E-state index contributed by atoms with van der Waals surface area (Å²) in [5, 5.41) is 0. The normalized spacial score (nSPS) is 20.3. The summed E-state index contributed by atoms with van der Waals surface area (Å²) in [6.07, 6.45) is -0.630. The number of anilines is 1. The number of hydrogen-bond donors (Lipinski definition) is 0. The van der Waals surface area contributed by atoms with Crippen LogP contribution in [-0.4, -0.2) is 67.8 Å². The molecule has 8 heteroatoms. The molecule has 5 nitrogen and oxygen atoms in total. The van der Waals surface area contributed by atoms with Crippen LogP contribution in [0, 0.1) is 11.8 Å². The fourth-order valence-electron chi connectivity index (χ4n) is 4.26. The van der Waals surface area contributed by atoms with Crippen LogP contribution in [0.2, 0.25) is 0 Å². The Balaban J connectivity index is 1.40. The average molecular weight is 425 g/mol. The Labute approximate surface area is 175 Å². The molecule has 166 valence electrons. The van der Waals surface area contributed by atoms with Crippen LogP contribution in [0.25, 0.3) is 0 Å². The fourth-order valence-corrected chi connectivity index (χ4v) is 4.26. The Morgan fingerprint density at radius 1 is 1.13 bits per heavy atom. The van der Waals surface area contributed by atoms with Crippen LogP contribution in [0.5, 0.6) is 0 Å². The highest BCUT2D eigenvalue weighted by Gasteiger charge is 2.31. The second-order valence-corrected chi connectivity index (χ2v) is 8.36. The van der Waals surface area contributed by atoms with E-state index >= 15 is 0 Å². The van der Waals surface area contributed by atoms with E-state index in [1.807, 2.05) is 4.90 Å². The molecule has 1 amide bonds. The van der Waals surface area contributed by atoms with Crippen molar-refractivity contribution in [1.29, 1.82) is 0 Å². The highest BCUT2D eigenvalue weighted by atomic mass is 19.4. The molecule has 1 unspecified atom stereocenters. The smallest absolute Gasteiger partial charge is 0.369 e. The van der Waals surface area contributed by atoms with Gasteiger partial charge in [-0.05, 0) is 56.8 Å². The highest BCUT2D eigenvalue weighted by Crippen LogP contribution is 2.32. The number of aldehydes is 1. The van der Waals surface area contributed by atoms with Crippen molar-refractivity contribution in [2.24, 2.45) is 11.8 Å². The Morgan fingerprint density at radius 2 is 1.80 bits per heavy atom. The molecule has 0 aromatic heterocycles. The van der Waals surface area contributed by atoms with Crippen LogP contribution in [0.4, 0.5) is 18.9 Å². The molecule has 2 heterocycles. The summed E-state index contributed by atoms with van der Waals surface area (Å²) >= 11 is 0. The van der Waals surface area contributed by atoms with Gasteiger partial charge in [-0.25, -0.2) is 0 Å². The van der Waals surface area contributed by atoms with Gasteiger partial charge in [0.25, 0.3) is 0 Å². The number of nitrogens with zero attached hydrogens (tertiary/aromatic N) is 3. The fraction of sp³-hybridized carbons (Fsp3) is 0.636. The van der Waals surface area contributed by atoms with Crippen molar-refractivity contribution in [2.75, 3.05) is 50.7 Å². The molecule has 2 saturated heterocycles. The Morgan fingerprint density at radius 3 is 2.40 bits per heavy atom. The van der Waals surface area contributed by atoms with E-state index in [9.17, 15) is 22.8 Å². The van der Waals surface area contributed by atoms with Crippen LogP contribution < -0.4 is 4.90 Å². The van der Waals surface area contributed by atoms with Crippen LogP contribution in [-0.2, 0) is 15.8 Å². The van der Waals surface area contributed by atoms with E-state index in [1.54, 1.807) is 17.9 Å². The molecule has 2 fully saturated rings. The van der Waals surface area contributed by atoms with Gasteiger partial charge in [0.05, 0.1) is 11.5 Å². The number of benzene rings is 1. The van der Waals surface area contributed by atoms with Gasteiger partial charge in [0.2, 0.25) is 5.91 Å². The lowest BCUT2D eigenvalue weighted by molar-refractivity contribution is -0.139. The van der Waals surface area contributed by atoms with Crippen molar-refractivity contribution in [3.05, 3.63) is 29.8 Å². The van der Waals surface area contributed by atoms with Crippen LogP contribution >= 0.6 is 0 Å². The third kappa shape index (κ3) is 5.74. The van der Waals surface area contributed by atoms with Crippen molar-refractivity contribution in [1.82, 2.24) is 9.80 Å². The van der Waals surface area contributed by atoms with E-state index in [4.69, 9.17) is 0 Å². The van der Waals surface area contributed by atoms with Crippen LogP contribution in [0.3, 0.4) is 0 Å². The summed E-state index contributed by atoms with van der Waals surface area (Å²) in [7, 11) is 0. The minimum Gasteiger partial charge on any atom is -0.369 e. The minimum absolute atomic E-state index is 0.0748. The highest BCUT2D eigenvalue weighted by molar-refractivity contribution is 5.91. The second-order valence-electron chi connectivity index (χ2n) is 8.36. The first-order chi connectivity index (χ1) is 14.3. The van der Waals surface area contributed by atoms with Gasteiger partial charge >= 0.3 is 6.18 Å². The Bertz CT molecular complexity index is 725. The van der Waals surface area contributed by atoms with Gasteiger partial charge in [0.1, 0.15) is 6.29 Å². The van der Waals surface area contributed by atoms with Crippen molar-refractivity contribution in [2.45, 2.75) is 32.4 Å². The zero-order chi connectivity index (χ0) is 21.7. The lowest BCUT2D eigenvalue weighted by atomic mass is 9.92. The minimum atomic E-state index is -4.32. The van der Waals surface area contributed by atoms with Gasteiger partial charge in [0, 0.05) is 45.0 Å². The Hall–Kier alpha value is -2.09. The van der Waals surface area contributed by atoms with Gasteiger partial charge in [-0.15, -0.1) is 0 Å². The Kier molecular flexibility index (Phi) is 7.39. The van der Waals surface area contributed by atoms with E-state index in [0.717, 1.165) is 58.1 Å². The number of hydrogen-bond acceptors (Lipinski definition) is 4. The molecule has 2 aliphatic heterocycles. The maximum atomic E-state index is 12.9. The van der Waals surface area contributed by atoms with Gasteiger partial charge in [0.15, 0.2) is 0 Å². The first kappa shape index (κ1) is 22.6. The number of piperazine rings is 1. The maximum absolute atomic E-state index is 12.9. The number of piperidine rings is 1. The number of carbonyl (C=O) groups excluding carboxylic acids is 2. The SMILES string of the molecule is CC(C=O)C(=O)N1CCC(CCN2CCN(c3cccc(C(F)(F)F)c3)CC2)CC1. The summed E-state index contributed by atoms with van der Waals surface area (Å²) in [5.74, 6) is -0.0640. The van der Waals surface area contributed by atoms with Gasteiger partial charge < -0.3 is 14.6 Å². The first-order valence-corrected chi connectivity index (χ1v) is 10.7. The molecule has 2 aliphatic rings. The van der Waals surface area contributed by atoms with Gasteiger partial charge in [-0.3, -0.25) is 9.69 Å². The molecule has 30 heavy (non-hydrogen) atoms.